The van der Waals surface area contributed by atoms with E-state index in [0.29, 0.717) is 22.4 Å². The van der Waals surface area contributed by atoms with Gasteiger partial charge in [-0.05, 0) is 47.5 Å². The standard InChI is InChI=1S/C21H17N2O6S/c1-29-19-10-9-14(11-18(19)15-5-4-6-16(12-15)23(25)26)13-22-21(24)17-7-2-3-8-20(17)30(22,27)28/h2-12,25H,13H2,1H3/q-1. The van der Waals surface area contributed by atoms with Gasteiger partial charge in [-0.15, -0.1) is 0 Å². The number of anilines is 1. The fourth-order valence-corrected chi connectivity index (χ4v) is 4.98. The number of rotatable bonds is 5. The Morgan fingerprint density at radius 2 is 1.80 bits per heavy atom. The SMILES string of the molecule is COc1ccc(CN2C(=O)c3ccccc3S2(=O)=O)cc1-c1cccc(N([O-])O)c1. The predicted molar refractivity (Wildman–Crippen MR) is 110 cm³/mol. The first-order chi connectivity index (χ1) is 14.3. The lowest BCUT2D eigenvalue weighted by atomic mass is 10.0. The number of ether oxygens (including phenoxy) is 1. The number of methoxy groups -OCH3 is 1. The van der Waals surface area contributed by atoms with Gasteiger partial charge in [-0.25, -0.2) is 12.7 Å². The van der Waals surface area contributed by atoms with Crippen LogP contribution in [0, 0.1) is 5.21 Å². The Hall–Kier alpha value is -3.40. The van der Waals surface area contributed by atoms with Gasteiger partial charge in [-0.3, -0.25) is 10.0 Å². The number of amides is 1. The largest absolute Gasteiger partial charge is 0.733 e. The molecule has 0 saturated heterocycles. The van der Waals surface area contributed by atoms with Gasteiger partial charge < -0.3 is 15.2 Å². The summed E-state index contributed by atoms with van der Waals surface area (Å²) >= 11 is 0. The molecule has 1 amide bonds. The molecule has 1 N–H and O–H groups in total. The van der Waals surface area contributed by atoms with E-state index >= 15 is 0 Å². The van der Waals surface area contributed by atoms with Crippen LogP contribution in [-0.2, 0) is 16.6 Å². The summed E-state index contributed by atoms with van der Waals surface area (Å²) in [4.78, 5) is 12.7. The Balaban J connectivity index is 1.73. The van der Waals surface area contributed by atoms with Crippen LogP contribution in [0.3, 0.4) is 0 Å². The minimum Gasteiger partial charge on any atom is -0.733 e. The maximum absolute atomic E-state index is 12.8. The van der Waals surface area contributed by atoms with Crippen LogP contribution in [0.2, 0.25) is 0 Å². The highest BCUT2D eigenvalue weighted by Crippen LogP contribution is 2.35. The molecule has 0 aromatic heterocycles. The summed E-state index contributed by atoms with van der Waals surface area (Å²) in [5, 5.41) is 20.2. The zero-order valence-corrected chi connectivity index (χ0v) is 16.7. The lowest BCUT2D eigenvalue weighted by Crippen LogP contribution is -2.29. The summed E-state index contributed by atoms with van der Waals surface area (Å²) in [6.45, 7) is -0.153. The molecule has 0 saturated carbocycles. The van der Waals surface area contributed by atoms with Gasteiger partial charge in [0.1, 0.15) is 10.6 Å². The second-order valence-electron chi connectivity index (χ2n) is 6.67. The maximum Gasteiger partial charge on any atom is 0.269 e. The van der Waals surface area contributed by atoms with Crippen molar-refractivity contribution < 1.29 is 23.2 Å². The number of carbonyl (C=O) groups excluding carboxylic acids is 1. The van der Waals surface area contributed by atoms with E-state index in [1.54, 1.807) is 42.5 Å². The zero-order valence-electron chi connectivity index (χ0n) is 15.8. The van der Waals surface area contributed by atoms with Gasteiger partial charge in [-0.2, -0.15) is 0 Å². The molecule has 154 valence electrons. The summed E-state index contributed by atoms with van der Waals surface area (Å²) < 4.78 is 31.8. The van der Waals surface area contributed by atoms with Crippen LogP contribution in [0.5, 0.6) is 5.75 Å². The van der Waals surface area contributed by atoms with Crippen LogP contribution in [0.25, 0.3) is 11.1 Å². The summed E-state index contributed by atoms with van der Waals surface area (Å²) in [7, 11) is -2.45. The van der Waals surface area contributed by atoms with Crippen LogP contribution in [0.15, 0.2) is 71.6 Å². The molecule has 0 spiro atoms. The minimum atomic E-state index is -3.93. The van der Waals surface area contributed by atoms with Crippen molar-refractivity contribution in [3.8, 4) is 16.9 Å². The van der Waals surface area contributed by atoms with Crippen molar-refractivity contribution in [2.24, 2.45) is 0 Å². The van der Waals surface area contributed by atoms with Crippen LogP contribution in [0.1, 0.15) is 15.9 Å². The smallest absolute Gasteiger partial charge is 0.269 e. The van der Waals surface area contributed by atoms with Crippen LogP contribution in [-0.4, -0.2) is 30.9 Å². The van der Waals surface area contributed by atoms with Gasteiger partial charge in [0.2, 0.25) is 0 Å². The Bertz CT molecular complexity index is 1240. The molecule has 0 bridgehead atoms. The normalized spacial score (nSPS) is 14.5. The van der Waals surface area contributed by atoms with Gasteiger partial charge >= 0.3 is 0 Å². The molecule has 0 aliphatic carbocycles. The van der Waals surface area contributed by atoms with Crippen molar-refractivity contribution in [3.05, 3.63) is 83.1 Å². The van der Waals surface area contributed by atoms with E-state index < -0.39 is 15.9 Å². The van der Waals surface area contributed by atoms with Gasteiger partial charge in [0.15, 0.2) is 0 Å². The second kappa shape index (κ2) is 7.45. The first-order valence-electron chi connectivity index (χ1n) is 8.92. The molecule has 3 aromatic carbocycles. The van der Waals surface area contributed by atoms with E-state index in [9.17, 15) is 23.6 Å². The van der Waals surface area contributed by atoms with Crippen molar-refractivity contribution in [2.75, 3.05) is 12.3 Å². The fraction of sp³-hybridized carbons (Fsp3) is 0.0952. The average Bonchev–Trinajstić information content (AvgIpc) is 2.94. The van der Waals surface area contributed by atoms with Crippen LogP contribution in [0.4, 0.5) is 5.69 Å². The highest BCUT2D eigenvalue weighted by atomic mass is 32.2. The molecule has 0 unspecified atom stereocenters. The molecule has 1 aliphatic rings. The topological polar surface area (TPSA) is 110 Å². The summed E-state index contributed by atoms with van der Waals surface area (Å²) in [6.07, 6.45) is 0. The van der Waals surface area contributed by atoms with E-state index in [1.807, 2.05) is 0 Å². The molecule has 1 heterocycles. The number of sulfonamides is 1. The Labute approximate surface area is 173 Å². The Morgan fingerprint density at radius 1 is 1.03 bits per heavy atom. The number of carbonyl (C=O) groups is 1. The molecule has 0 atom stereocenters. The maximum atomic E-state index is 12.8. The van der Waals surface area contributed by atoms with Crippen molar-refractivity contribution in [1.82, 2.24) is 4.31 Å². The third kappa shape index (κ3) is 3.28. The number of fused-ring (bicyclic) bond motifs is 1. The molecule has 1 aliphatic heterocycles. The van der Waals surface area contributed by atoms with Crippen molar-refractivity contribution in [1.29, 1.82) is 0 Å². The molecule has 9 heteroatoms. The highest BCUT2D eigenvalue weighted by Gasteiger charge is 2.40. The van der Waals surface area contributed by atoms with Gasteiger partial charge in [0, 0.05) is 5.56 Å². The lowest BCUT2D eigenvalue weighted by Gasteiger charge is -2.22. The molecule has 30 heavy (non-hydrogen) atoms. The highest BCUT2D eigenvalue weighted by molar-refractivity contribution is 7.90. The predicted octanol–water partition coefficient (Wildman–Crippen LogP) is 3.40. The number of benzene rings is 3. The van der Waals surface area contributed by atoms with Crippen molar-refractivity contribution in [3.63, 3.8) is 0 Å². The fourth-order valence-electron chi connectivity index (χ4n) is 3.42. The van der Waals surface area contributed by atoms with E-state index in [-0.39, 0.29) is 27.9 Å². The van der Waals surface area contributed by atoms with Crippen LogP contribution >= 0.6 is 0 Å². The Kier molecular flexibility index (Phi) is 4.94. The minimum absolute atomic E-state index is 0.00470. The van der Waals surface area contributed by atoms with E-state index in [1.165, 1.54) is 31.4 Å². The zero-order chi connectivity index (χ0) is 21.5. The van der Waals surface area contributed by atoms with Crippen LogP contribution < -0.4 is 9.96 Å². The van der Waals surface area contributed by atoms with Gasteiger partial charge in [0.05, 0.1) is 24.9 Å². The second-order valence-corrected chi connectivity index (χ2v) is 8.50. The number of nitrogens with zero attached hydrogens (tertiary/aromatic N) is 2. The van der Waals surface area contributed by atoms with Gasteiger partial charge in [0.25, 0.3) is 15.9 Å². The Morgan fingerprint density at radius 3 is 2.50 bits per heavy atom. The molecule has 0 radical (unpaired) electrons. The quantitative estimate of drug-likeness (QED) is 0.624. The molecule has 4 rings (SSSR count). The van der Waals surface area contributed by atoms with Gasteiger partial charge in [-0.1, -0.05) is 30.3 Å². The number of hydrogen-bond donors (Lipinski definition) is 1. The average molecular weight is 425 g/mol. The first-order valence-corrected chi connectivity index (χ1v) is 10.4. The molecule has 8 nitrogen and oxygen atoms in total. The van der Waals surface area contributed by atoms with E-state index in [2.05, 4.69) is 0 Å². The van der Waals surface area contributed by atoms with E-state index in [0.717, 1.165) is 4.31 Å². The van der Waals surface area contributed by atoms with Crippen molar-refractivity contribution >= 4 is 21.6 Å². The van der Waals surface area contributed by atoms with E-state index in [4.69, 9.17) is 4.74 Å². The summed E-state index contributed by atoms with van der Waals surface area (Å²) in [6, 6.07) is 17.4. The lowest BCUT2D eigenvalue weighted by molar-refractivity contribution is 0.0865. The first kappa shape index (κ1) is 19.9. The third-order valence-corrected chi connectivity index (χ3v) is 6.67. The molecular weight excluding hydrogens is 408 g/mol. The molecular formula is C21H17N2O6S-. The van der Waals surface area contributed by atoms with Crippen molar-refractivity contribution in [2.45, 2.75) is 11.4 Å². The molecule has 0 fully saturated rings. The number of hydrogen-bond acceptors (Lipinski definition) is 7. The third-order valence-electron chi connectivity index (χ3n) is 4.88. The monoisotopic (exact) mass is 425 g/mol. The molecule has 3 aromatic rings. The summed E-state index contributed by atoms with van der Waals surface area (Å²) in [5.74, 6) is -0.0857. The summed E-state index contributed by atoms with van der Waals surface area (Å²) in [5.41, 5.74) is 1.91.